The van der Waals surface area contributed by atoms with E-state index in [4.69, 9.17) is 4.74 Å². The van der Waals surface area contributed by atoms with Crippen molar-refractivity contribution in [1.29, 1.82) is 0 Å². The van der Waals surface area contributed by atoms with Gasteiger partial charge in [-0.2, -0.15) is 0 Å². The molecular formula is C17H21N3O4. The standard InChI is InChI=1S/C17H21N3O4/c1-4-12(2)18-15(21)11-19-9-10-20(17(23)16(19)22)13-7-5-6-8-14(13)24-3/h5-10,12H,4,11H2,1-3H3,(H,18,21). The van der Waals surface area contributed by atoms with Gasteiger partial charge in [0.25, 0.3) is 0 Å². The number of nitrogens with zero attached hydrogens (tertiary/aromatic N) is 2. The van der Waals surface area contributed by atoms with Crippen LogP contribution in [0, 0.1) is 0 Å². The summed E-state index contributed by atoms with van der Waals surface area (Å²) in [7, 11) is 1.49. The van der Waals surface area contributed by atoms with E-state index >= 15 is 0 Å². The molecule has 0 fully saturated rings. The van der Waals surface area contributed by atoms with Gasteiger partial charge < -0.3 is 10.1 Å². The maximum atomic E-state index is 12.4. The molecule has 1 atom stereocenters. The van der Waals surface area contributed by atoms with E-state index in [0.29, 0.717) is 11.4 Å². The van der Waals surface area contributed by atoms with Crippen molar-refractivity contribution in [3.05, 3.63) is 57.4 Å². The third-order valence-electron chi connectivity index (χ3n) is 3.74. The minimum Gasteiger partial charge on any atom is -0.495 e. The Bertz CT molecular complexity index is 838. The number of aromatic nitrogens is 2. The van der Waals surface area contributed by atoms with Crippen LogP contribution in [0.5, 0.6) is 5.75 Å². The Balaban J connectivity index is 2.34. The fourth-order valence-electron chi connectivity index (χ4n) is 2.23. The van der Waals surface area contributed by atoms with Gasteiger partial charge in [0.15, 0.2) is 0 Å². The third-order valence-corrected chi connectivity index (χ3v) is 3.74. The van der Waals surface area contributed by atoms with Crippen LogP contribution in [0.25, 0.3) is 5.69 Å². The molecule has 2 aromatic rings. The smallest absolute Gasteiger partial charge is 0.321 e. The summed E-state index contributed by atoms with van der Waals surface area (Å²) in [5.41, 5.74) is -1.03. The van der Waals surface area contributed by atoms with Crippen LogP contribution in [0.15, 0.2) is 46.2 Å². The first-order chi connectivity index (χ1) is 11.5. The van der Waals surface area contributed by atoms with Gasteiger partial charge in [-0.05, 0) is 25.5 Å². The van der Waals surface area contributed by atoms with Gasteiger partial charge in [0.2, 0.25) is 5.91 Å². The van der Waals surface area contributed by atoms with Crippen LogP contribution in [0.3, 0.4) is 0 Å². The molecule has 1 unspecified atom stereocenters. The van der Waals surface area contributed by atoms with Crippen molar-refractivity contribution in [2.45, 2.75) is 32.9 Å². The van der Waals surface area contributed by atoms with E-state index in [1.54, 1.807) is 24.3 Å². The van der Waals surface area contributed by atoms with Gasteiger partial charge in [0.1, 0.15) is 12.3 Å². The zero-order chi connectivity index (χ0) is 17.7. The number of amides is 1. The van der Waals surface area contributed by atoms with E-state index in [0.717, 1.165) is 11.0 Å². The van der Waals surface area contributed by atoms with Crippen LogP contribution >= 0.6 is 0 Å². The van der Waals surface area contributed by atoms with Crippen molar-refractivity contribution in [1.82, 2.24) is 14.5 Å². The molecule has 0 aliphatic carbocycles. The average molecular weight is 331 g/mol. The van der Waals surface area contributed by atoms with E-state index in [1.165, 1.54) is 24.1 Å². The van der Waals surface area contributed by atoms with Crippen LogP contribution in [0.2, 0.25) is 0 Å². The molecule has 24 heavy (non-hydrogen) atoms. The van der Waals surface area contributed by atoms with Crippen molar-refractivity contribution in [3.63, 3.8) is 0 Å². The fraction of sp³-hybridized carbons (Fsp3) is 0.353. The molecule has 0 aliphatic heterocycles. The molecule has 2 rings (SSSR count). The van der Waals surface area contributed by atoms with Gasteiger partial charge in [0, 0.05) is 18.4 Å². The highest BCUT2D eigenvalue weighted by Gasteiger charge is 2.13. The van der Waals surface area contributed by atoms with Crippen molar-refractivity contribution >= 4 is 5.91 Å². The van der Waals surface area contributed by atoms with Gasteiger partial charge >= 0.3 is 11.1 Å². The summed E-state index contributed by atoms with van der Waals surface area (Å²) < 4.78 is 7.53. The molecule has 0 saturated carbocycles. The molecule has 0 saturated heterocycles. The maximum Gasteiger partial charge on any atom is 0.321 e. The molecule has 0 radical (unpaired) electrons. The van der Waals surface area contributed by atoms with Gasteiger partial charge in [0.05, 0.1) is 12.8 Å². The molecule has 7 heteroatoms. The SMILES string of the molecule is CCC(C)NC(=O)Cn1ccn(-c2ccccc2OC)c(=O)c1=O. The third kappa shape index (κ3) is 3.73. The number of carbonyl (C=O) groups is 1. The van der Waals surface area contributed by atoms with Crippen molar-refractivity contribution in [2.24, 2.45) is 0 Å². The minimum absolute atomic E-state index is 0.0159. The second-order valence-corrected chi connectivity index (χ2v) is 5.46. The van der Waals surface area contributed by atoms with E-state index in [-0.39, 0.29) is 18.5 Å². The normalized spacial score (nSPS) is 11.8. The number of hydrogen-bond donors (Lipinski definition) is 1. The summed E-state index contributed by atoms with van der Waals surface area (Å²) >= 11 is 0. The van der Waals surface area contributed by atoms with E-state index in [1.807, 2.05) is 13.8 Å². The fourth-order valence-corrected chi connectivity index (χ4v) is 2.23. The Morgan fingerprint density at radius 1 is 1.21 bits per heavy atom. The number of nitrogens with one attached hydrogen (secondary N) is 1. The number of methoxy groups -OCH3 is 1. The minimum atomic E-state index is -0.761. The van der Waals surface area contributed by atoms with E-state index in [2.05, 4.69) is 5.32 Å². The lowest BCUT2D eigenvalue weighted by Gasteiger charge is -2.13. The molecule has 1 aromatic heterocycles. The zero-order valence-electron chi connectivity index (χ0n) is 14.0. The lowest BCUT2D eigenvalue weighted by Crippen LogP contribution is -2.43. The Hall–Kier alpha value is -2.83. The van der Waals surface area contributed by atoms with Crippen LogP contribution in [0.1, 0.15) is 20.3 Å². The van der Waals surface area contributed by atoms with Crippen LogP contribution in [-0.2, 0) is 11.3 Å². The van der Waals surface area contributed by atoms with Crippen molar-refractivity contribution in [2.75, 3.05) is 7.11 Å². The highest BCUT2D eigenvalue weighted by atomic mass is 16.5. The first-order valence-corrected chi connectivity index (χ1v) is 7.72. The second kappa shape index (κ2) is 7.63. The van der Waals surface area contributed by atoms with Crippen LogP contribution in [-0.4, -0.2) is 28.2 Å². The second-order valence-electron chi connectivity index (χ2n) is 5.46. The molecular weight excluding hydrogens is 310 g/mol. The molecule has 128 valence electrons. The van der Waals surface area contributed by atoms with Gasteiger partial charge in [-0.3, -0.25) is 23.5 Å². The molecule has 0 spiro atoms. The number of rotatable bonds is 6. The monoisotopic (exact) mass is 331 g/mol. The van der Waals surface area contributed by atoms with E-state index in [9.17, 15) is 14.4 Å². The molecule has 1 N–H and O–H groups in total. The highest BCUT2D eigenvalue weighted by molar-refractivity contribution is 5.75. The first kappa shape index (κ1) is 17.5. The van der Waals surface area contributed by atoms with E-state index < -0.39 is 11.1 Å². The number of hydrogen-bond acceptors (Lipinski definition) is 4. The lowest BCUT2D eigenvalue weighted by molar-refractivity contribution is -0.122. The molecule has 1 heterocycles. The summed E-state index contributed by atoms with van der Waals surface area (Å²) in [5, 5.41) is 2.76. The summed E-state index contributed by atoms with van der Waals surface area (Å²) in [5.74, 6) is 0.173. The Kier molecular flexibility index (Phi) is 5.57. The first-order valence-electron chi connectivity index (χ1n) is 7.72. The topological polar surface area (TPSA) is 82.3 Å². The van der Waals surface area contributed by atoms with Gasteiger partial charge in [-0.25, -0.2) is 0 Å². The summed E-state index contributed by atoms with van der Waals surface area (Å²) in [6.07, 6.45) is 3.67. The molecule has 1 amide bonds. The Labute approximate surface area is 139 Å². The largest absolute Gasteiger partial charge is 0.495 e. The van der Waals surface area contributed by atoms with Crippen LogP contribution in [0.4, 0.5) is 0 Å². The highest BCUT2D eigenvalue weighted by Crippen LogP contribution is 2.19. The average Bonchev–Trinajstić information content (AvgIpc) is 2.59. The van der Waals surface area contributed by atoms with Gasteiger partial charge in [-0.1, -0.05) is 19.1 Å². The predicted octanol–water partition coefficient (Wildman–Crippen LogP) is 0.923. The quantitative estimate of drug-likeness (QED) is 0.798. The Morgan fingerprint density at radius 3 is 2.58 bits per heavy atom. The predicted molar refractivity (Wildman–Crippen MR) is 90.7 cm³/mol. The summed E-state index contributed by atoms with van der Waals surface area (Å²) in [4.78, 5) is 36.5. The zero-order valence-corrected chi connectivity index (χ0v) is 14.0. The molecule has 0 bridgehead atoms. The molecule has 7 nitrogen and oxygen atoms in total. The van der Waals surface area contributed by atoms with Crippen molar-refractivity contribution in [3.8, 4) is 11.4 Å². The van der Waals surface area contributed by atoms with Crippen LogP contribution < -0.4 is 21.2 Å². The summed E-state index contributed by atoms with van der Waals surface area (Å²) in [6, 6.07) is 6.91. The number of carbonyl (C=O) groups excluding carboxylic acids is 1. The van der Waals surface area contributed by atoms with Crippen molar-refractivity contribution < 1.29 is 9.53 Å². The van der Waals surface area contributed by atoms with Gasteiger partial charge in [-0.15, -0.1) is 0 Å². The maximum absolute atomic E-state index is 12.4. The lowest BCUT2D eigenvalue weighted by atomic mass is 10.2. The number of para-hydroxylation sites is 2. The number of ether oxygens (including phenoxy) is 1. The molecule has 1 aromatic carbocycles. The molecule has 0 aliphatic rings. The number of benzene rings is 1. The Morgan fingerprint density at radius 2 is 1.92 bits per heavy atom. The summed E-state index contributed by atoms with van der Waals surface area (Å²) in [6.45, 7) is 3.64.